The Bertz CT molecular complexity index is 272. The van der Waals surface area contributed by atoms with Crippen LogP contribution in [0.15, 0.2) is 0 Å². The predicted octanol–water partition coefficient (Wildman–Crippen LogP) is 2.18. The van der Waals surface area contributed by atoms with Crippen LogP contribution in [0.25, 0.3) is 0 Å². The molecule has 3 rings (SSSR count). The molecule has 2 atom stereocenters. The van der Waals surface area contributed by atoms with Crippen LogP contribution in [-0.4, -0.2) is 23.8 Å². The number of rotatable bonds is 2. The lowest BCUT2D eigenvalue weighted by Crippen LogP contribution is -2.35. The van der Waals surface area contributed by atoms with Crippen LogP contribution in [0, 0.1) is 0 Å². The van der Waals surface area contributed by atoms with Crippen LogP contribution in [0.3, 0.4) is 0 Å². The quantitative estimate of drug-likeness (QED) is 0.518. The van der Waals surface area contributed by atoms with Crippen molar-refractivity contribution in [3.63, 3.8) is 0 Å². The highest BCUT2D eigenvalue weighted by molar-refractivity contribution is 5.83. The van der Waals surface area contributed by atoms with Crippen LogP contribution >= 0.6 is 0 Å². The zero-order valence-electron chi connectivity index (χ0n) is 9.04. The Morgan fingerprint density at radius 3 is 2.73 bits per heavy atom. The molecule has 3 fully saturated rings. The standard InChI is InChI=1S/C12H18O3/c13-11(14-9-5-4-6-9)12-8-3-1-2-7-10(12)15-12/h9-10H,1-8H2. The largest absolute Gasteiger partial charge is 0.460 e. The third-order valence-electron chi connectivity index (χ3n) is 4.00. The van der Waals surface area contributed by atoms with E-state index in [0.29, 0.717) is 0 Å². The fourth-order valence-electron chi connectivity index (χ4n) is 2.65. The molecular formula is C12H18O3. The van der Waals surface area contributed by atoms with Gasteiger partial charge in [-0.2, -0.15) is 0 Å². The molecule has 1 aliphatic heterocycles. The van der Waals surface area contributed by atoms with E-state index in [2.05, 4.69) is 0 Å². The van der Waals surface area contributed by atoms with Crippen LogP contribution in [0.2, 0.25) is 0 Å². The van der Waals surface area contributed by atoms with Crippen molar-refractivity contribution in [2.45, 2.75) is 69.2 Å². The summed E-state index contributed by atoms with van der Waals surface area (Å²) in [6, 6.07) is 0. The first-order chi connectivity index (χ1) is 7.31. The fraction of sp³-hybridized carbons (Fsp3) is 0.917. The molecule has 2 unspecified atom stereocenters. The number of ether oxygens (including phenoxy) is 2. The van der Waals surface area contributed by atoms with Gasteiger partial charge in [0.2, 0.25) is 0 Å². The van der Waals surface area contributed by atoms with E-state index in [1.54, 1.807) is 0 Å². The average Bonchev–Trinajstić information content (AvgIpc) is 2.84. The Balaban J connectivity index is 1.62. The molecule has 3 aliphatic rings. The molecule has 0 aromatic heterocycles. The Hall–Kier alpha value is -0.570. The normalized spacial score (nSPS) is 39.9. The van der Waals surface area contributed by atoms with E-state index in [0.717, 1.165) is 32.1 Å². The van der Waals surface area contributed by atoms with Gasteiger partial charge in [0.05, 0.1) is 6.10 Å². The molecule has 2 aliphatic carbocycles. The predicted molar refractivity (Wildman–Crippen MR) is 54.4 cm³/mol. The molecule has 0 bridgehead atoms. The maximum Gasteiger partial charge on any atom is 0.341 e. The first-order valence-corrected chi connectivity index (χ1v) is 6.20. The molecule has 3 nitrogen and oxygen atoms in total. The van der Waals surface area contributed by atoms with E-state index < -0.39 is 5.60 Å². The number of hydrogen-bond donors (Lipinski definition) is 0. The second-order valence-electron chi connectivity index (χ2n) is 5.05. The smallest absolute Gasteiger partial charge is 0.341 e. The summed E-state index contributed by atoms with van der Waals surface area (Å²) in [5.74, 6) is -0.0703. The lowest BCUT2D eigenvalue weighted by atomic mass is 9.95. The molecule has 0 amide bonds. The maximum atomic E-state index is 12.0. The van der Waals surface area contributed by atoms with Crippen LogP contribution < -0.4 is 0 Å². The first kappa shape index (κ1) is 9.64. The summed E-state index contributed by atoms with van der Waals surface area (Å²) in [6.07, 6.45) is 9.13. The van der Waals surface area contributed by atoms with Crippen molar-refractivity contribution in [2.75, 3.05) is 0 Å². The number of fused-ring (bicyclic) bond motifs is 1. The molecule has 15 heavy (non-hydrogen) atoms. The molecule has 1 heterocycles. The van der Waals surface area contributed by atoms with E-state index in [1.165, 1.54) is 19.3 Å². The molecule has 3 heteroatoms. The summed E-state index contributed by atoms with van der Waals surface area (Å²) in [5, 5.41) is 0. The van der Waals surface area contributed by atoms with E-state index in [9.17, 15) is 4.79 Å². The molecule has 0 aromatic carbocycles. The Morgan fingerprint density at radius 1 is 1.13 bits per heavy atom. The fourth-order valence-corrected chi connectivity index (χ4v) is 2.65. The van der Waals surface area contributed by atoms with E-state index in [4.69, 9.17) is 9.47 Å². The van der Waals surface area contributed by atoms with Gasteiger partial charge in [-0.05, 0) is 38.5 Å². The van der Waals surface area contributed by atoms with Crippen LogP contribution in [0.1, 0.15) is 51.4 Å². The van der Waals surface area contributed by atoms with Crippen LogP contribution in [-0.2, 0) is 14.3 Å². The SMILES string of the molecule is O=C(OC1CCC1)C12CCCCCC1O2. The van der Waals surface area contributed by atoms with Gasteiger partial charge < -0.3 is 9.47 Å². The van der Waals surface area contributed by atoms with Gasteiger partial charge >= 0.3 is 5.97 Å². The third kappa shape index (κ3) is 1.57. The summed E-state index contributed by atoms with van der Waals surface area (Å²) in [6.45, 7) is 0. The van der Waals surface area contributed by atoms with Crippen molar-refractivity contribution in [3.05, 3.63) is 0 Å². The summed E-state index contributed by atoms with van der Waals surface area (Å²) >= 11 is 0. The van der Waals surface area contributed by atoms with Crippen molar-refractivity contribution in [3.8, 4) is 0 Å². The monoisotopic (exact) mass is 210 g/mol. The molecule has 0 radical (unpaired) electrons. The summed E-state index contributed by atoms with van der Waals surface area (Å²) in [7, 11) is 0. The highest BCUT2D eigenvalue weighted by Crippen LogP contribution is 2.47. The van der Waals surface area contributed by atoms with Crippen molar-refractivity contribution < 1.29 is 14.3 Å². The Kier molecular flexibility index (Phi) is 2.23. The van der Waals surface area contributed by atoms with Gasteiger partial charge in [0.15, 0.2) is 5.60 Å². The molecular weight excluding hydrogens is 192 g/mol. The van der Waals surface area contributed by atoms with Crippen molar-refractivity contribution >= 4 is 5.97 Å². The van der Waals surface area contributed by atoms with Gasteiger partial charge in [-0.15, -0.1) is 0 Å². The molecule has 1 saturated heterocycles. The highest BCUT2D eigenvalue weighted by Gasteiger charge is 2.63. The summed E-state index contributed by atoms with van der Waals surface area (Å²) in [5.41, 5.74) is -0.508. The van der Waals surface area contributed by atoms with Gasteiger partial charge in [0, 0.05) is 0 Å². The van der Waals surface area contributed by atoms with Crippen molar-refractivity contribution in [2.24, 2.45) is 0 Å². The van der Waals surface area contributed by atoms with E-state index >= 15 is 0 Å². The minimum atomic E-state index is -0.508. The van der Waals surface area contributed by atoms with E-state index in [-0.39, 0.29) is 18.2 Å². The molecule has 0 aromatic rings. The summed E-state index contributed by atoms with van der Waals surface area (Å²) < 4.78 is 11.1. The lowest BCUT2D eigenvalue weighted by Gasteiger charge is -2.26. The van der Waals surface area contributed by atoms with Crippen LogP contribution in [0.4, 0.5) is 0 Å². The number of carbonyl (C=O) groups excluding carboxylic acids is 1. The number of carbonyl (C=O) groups is 1. The third-order valence-corrected chi connectivity index (χ3v) is 4.00. The van der Waals surface area contributed by atoms with Gasteiger partial charge in [-0.1, -0.05) is 12.8 Å². The maximum absolute atomic E-state index is 12.0. The average molecular weight is 210 g/mol. The number of esters is 1. The number of epoxide rings is 1. The zero-order chi connectivity index (χ0) is 10.3. The first-order valence-electron chi connectivity index (χ1n) is 6.20. The topological polar surface area (TPSA) is 38.8 Å². The minimum Gasteiger partial charge on any atom is -0.460 e. The molecule has 84 valence electrons. The zero-order valence-corrected chi connectivity index (χ0v) is 9.04. The second kappa shape index (κ2) is 3.48. The van der Waals surface area contributed by atoms with Gasteiger partial charge in [0.1, 0.15) is 6.10 Å². The Morgan fingerprint density at radius 2 is 2.00 bits per heavy atom. The minimum absolute atomic E-state index is 0.0703. The second-order valence-corrected chi connectivity index (χ2v) is 5.05. The Labute approximate surface area is 90.1 Å². The lowest BCUT2D eigenvalue weighted by molar-refractivity contribution is -0.159. The van der Waals surface area contributed by atoms with Crippen LogP contribution in [0.5, 0.6) is 0 Å². The van der Waals surface area contributed by atoms with Gasteiger partial charge in [-0.3, -0.25) is 0 Å². The van der Waals surface area contributed by atoms with E-state index in [1.807, 2.05) is 0 Å². The van der Waals surface area contributed by atoms with Gasteiger partial charge in [-0.25, -0.2) is 4.79 Å². The molecule has 0 N–H and O–H groups in total. The highest BCUT2D eigenvalue weighted by atomic mass is 16.7. The molecule has 0 spiro atoms. The van der Waals surface area contributed by atoms with Crippen molar-refractivity contribution in [1.29, 1.82) is 0 Å². The van der Waals surface area contributed by atoms with Crippen molar-refractivity contribution in [1.82, 2.24) is 0 Å². The summed E-state index contributed by atoms with van der Waals surface area (Å²) in [4.78, 5) is 12.0. The molecule has 2 saturated carbocycles. The number of hydrogen-bond acceptors (Lipinski definition) is 3. The van der Waals surface area contributed by atoms with Gasteiger partial charge in [0.25, 0.3) is 0 Å².